The standard InChI is InChI=1S/C16H20N4O2/c1-11(8-17)6-12-7-16(12,15(21)22)13-9-20(10-19-13)14-4-2-3-5-18-14/h2-5,9-12H,6-8,17H2,1H3,(H,21,22)/t11-,12+,16-/m0/s1. The van der Waals surface area contributed by atoms with Gasteiger partial charge in [-0.15, -0.1) is 0 Å². The molecule has 1 aliphatic rings. The zero-order valence-electron chi connectivity index (χ0n) is 12.5. The van der Waals surface area contributed by atoms with E-state index in [1.165, 1.54) is 0 Å². The van der Waals surface area contributed by atoms with Gasteiger partial charge in [0.25, 0.3) is 0 Å². The Hall–Kier alpha value is -2.21. The van der Waals surface area contributed by atoms with Crippen LogP contribution in [0.15, 0.2) is 36.9 Å². The van der Waals surface area contributed by atoms with Gasteiger partial charge < -0.3 is 10.8 Å². The van der Waals surface area contributed by atoms with Gasteiger partial charge in [-0.05, 0) is 43.4 Å². The minimum atomic E-state index is -0.858. The Morgan fingerprint density at radius 2 is 2.36 bits per heavy atom. The van der Waals surface area contributed by atoms with Crippen molar-refractivity contribution in [2.75, 3.05) is 6.54 Å². The summed E-state index contributed by atoms with van der Waals surface area (Å²) in [5.41, 5.74) is 5.41. The first-order valence-corrected chi connectivity index (χ1v) is 7.47. The molecule has 1 fully saturated rings. The van der Waals surface area contributed by atoms with Crippen LogP contribution in [0.4, 0.5) is 0 Å². The lowest BCUT2D eigenvalue weighted by atomic mass is 9.94. The number of hydrogen-bond donors (Lipinski definition) is 2. The van der Waals surface area contributed by atoms with E-state index in [-0.39, 0.29) is 5.92 Å². The summed E-state index contributed by atoms with van der Waals surface area (Å²) in [4.78, 5) is 20.4. The number of aromatic nitrogens is 3. The van der Waals surface area contributed by atoms with Crippen LogP contribution in [0.3, 0.4) is 0 Å². The molecule has 2 heterocycles. The van der Waals surface area contributed by atoms with Gasteiger partial charge in [-0.25, -0.2) is 9.97 Å². The first-order valence-electron chi connectivity index (χ1n) is 7.47. The van der Waals surface area contributed by atoms with Gasteiger partial charge in [-0.3, -0.25) is 9.36 Å². The summed E-state index contributed by atoms with van der Waals surface area (Å²) in [5, 5.41) is 9.70. The second-order valence-electron chi connectivity index (χ2n) is 6.11. The molecule has 2 aromatic heterocycles. The fourth-order valence-corrected chi connectivity index (χ4v) is 3.07. The smallest absolute Gasteiger partial charge is 0.316 e. The second kappa shape index (κ2) is 5.53. The summed E-state index contributed by atoms with van der Waals surface area (Å²) in [6.07, 6.45) is 6.56. The number of carboxylic acid groups (broad SMARTS) is 1. The van der Waals surface area contributed by atoms with E-state index in [1.54, 1.807) is 23.3 Å². The molecule has 0 radical (unpaired) electrons. The zero-order chi connectivity index (χ0) is 15.7. The van der Waals surface area contributed by atoms with E-state index in [1.807, 2.05) is 18.2 Å². The van der Waals surface area contributed by atoms with Crippen molar-refractivity contribution >= 4 is 5.97 Å². The Kier molecular flexibility index (Phi) is 3.70. The van der Waals surface area contributed by atoms with E-state index in [0.717, 1.165) is 12.2 Å². The number of nitrogens with zero attached hydrogens (tertiary/aromatic N) is 3. The largest absolute Gasteiger partial charge is 0.481 e. The lowest BCUT2D eigenvalue weighted by Gasteiger charge is -2.12. The molecule has 0 saturated heterocycles. The molecule has 6 heteroatoms. The van der Waals surface area contributed by atoms with E-state index in [2.05, 4.69) is 16.9 Å². The molecule has 0 spiro atoms. The minimum absolute atomic E-state index is 0.107. The number of nitrogens with two attached hydrogens (primary N) is 1. The first-order chi connectivity index (χ1) is 10.6. The van der Waals surface area contributed by atoms with E-state index in [9.17, 15) is 9.90 Å². The zero-order valence-corrected chi connectivity index (χ0v) is 12.5. The molecule has 2 aromatic rings. The van der Waals surface area contributed by atoms with Crippen LogP contribution in [-0.4, -0.2) is 32.2 Å². The highest BCUT2D eigenvalue weighted by molar-refractivity contribution is 5.85. The summed E-state index contributed by atoms with van der Waals surface area (Å²) in [7, 11) is 0. The van der Waals surface area contributed by atoms with Gasteiger partial charge >= 0.3 is 5.97 Å². The lowest BCUT2D eigenvalue weighted by molar-refractivity contribution is -0.140. The van der Waals surface area contributed by atoms with Gasteiger partial charge in [0.05, 0.1) is 5.69 Å². The van der Waals surface area contributed by atoms with Crippen LogP contribution in [0.1, 0.15) is 25.5 Å². The number of pyridine rings is 1. The molecule has 6 nitrogen and oxygen atoms in total. The molecule has 3 atom stereocenters. The Morgan fingerprint density at radius 3 is 3.00 bits per heavy atom. The van der Waals surface area contributed by atoms with Crippen LogP contribution in [-0.2, 0) is 10.2 Å². The number of carboxylic acids is 1. The van der Waals surface area contributed by atoms with Crippen LogP contribution < -0.4 is 5.73 Å². The van der Waals surface area contributed by atoms with Crippen LogP contribution in [0, 0.1) is 11.8 Å². The van der Waals surface area contributed by atoms with Crippen LogP contribution in [0.25, 0.3) is 5.82 Å². The molecule has 0 amide bonds. The SMILES string of the molecule is C[C@H](CN)C[C@@H]1C[C@@]1(C(=O)O)c1cn(-c2ccccn2)cn1. The molecule has 1 aliphatic carbocycles. The minimum Gasteiger partial charge on any atom is -0.481 e. The highest BCUT2D eigenvalue weighted by Gasteiger charge is 2.62. The number of rotatable bonds is 6. The van der Waals surface area contributed by atoms with E-state index >= 15 is 0 Å². The van der Waals surface area contributed by atoms with Gasteiger partial charge in [0, 0.05) is 12.4 Å². The van der Waals surface area contributed by atoms with Crippen molar-refractivity contribution in [2.24, 2.45) is 17.6 Å². The molecular formula is C16H20N4O2. The fourth-order valence-electron chi connectivity index (χ4n) is 3.07. The number of imidazole rings is 1. The predicted molar refractivity (Wildman–Crippen MR) is 81.6 cm³/mol. The third-order valence-corrected chi connectivity index (χ3v) is 4.53. The Bertz CT molecular complexity index is 670. The van der Waals surface area contributed by atoms with E-state index in [0.29, 0.717) is 24.6 Å². The molecule has 0 bridgehead atoms. The maximum Gasteiger partial charge on any atom is 0.316 e. The maximum atomic E-state index is 11.8. The number of hydrogen-bond acceptors (Lipinski definition) is 4. The molecule has 116 valence electrons. The third kappa shape index (κ3) is 2.39. The molecule has 0 aliphatic heterocycles. The monoisotopic (exact) mass is 300 g/mol. The van der Waals surface area contributed by atoms with Crippen molar-refractivity contribution in [1.29, 1.82) is 0 Å². The van der Waals surface area contributed by atoms with E-state index in [4.69, 9.17) is 5.73 Å². The Balaban J connectivity index is 1.86. The maximum absolute atomic E-state index is 11.8. The van der Waals surface area contributed by atoms with Gasteiger partial charge in [-0.1, -0.05) is 13.0 Å². The molecule has 3 N–H and O–H groups in total. The summed E-state index contributed by atoms with van der Waals surface area (Å²) in [6, 6.07) is 5.59. The normalized spacial score (nSPS) is 24.9. The molecular weight excluding hydrogens is 280 g/mol. The Morgan fingerprint density at radius 1 is 1.55 bits per heavy atom. The van der Waals surface area contributed by atoms with Crippen molar-refractivity contribution in [2.45, 2.75) is 25.2 Å². The number of aliphatic carboxylic acids is 1. The Labute approximate surface area is 129 Å². The van der Waals surface area contributed by atoms with Crippen LogP contribution in [0.5, 0.6) is 0 Å². The first kappa shape index (κ1) is 14.7. The third-order valence-electron chi connectivity index (χ3n) is 4.53. The number of carbonyl (C=O) groups is 1. The summed E-state index contributed by atoms with van der Waals surface area (Å²) >= 11 is 0. The molecule has 3 rings (SSSR count). The quantitative estimate of drug-likeness (QED) is 0.845. The van der Waals surface area contributed by atoms with Crippen molar-refractivity contribution < 1.29 is 9.90 Å². The van der Waals surface area contributed by atoms with Crippen molar-refractivity contribution in [3.05, 3.63) is 42.6 Å². The van der Waals surface area contributed by atoms with Crippen molar-refractivity contribution in [3.8, 4) is 5.82 Å². The van der Waals surface area contributed by atoms with Gasteiger partial charge in [0.2, 0.25) is 0 Å². The molecule has 0 unspecified atom stereocenters. The highest BCUT2D eigenvalue weighted by atomic mass is 16.4. The summed E-state index contributed by atoms with van der Waals surface area (Å²) in [6.45, 7) is 2.63. The molecule has 22 heavy (non-hydrogen) atoms. The average molecular weight is 300 g/mol. The van der Waals surface area contributed by atoms with Crippen molar-refractivity contribution in [3.63, 3.8) is 0 Å². The van der Waals surface area contributed by atoms with Crippen LogP contribution >= 0.6 is 0 Å². The molecule has 1 saturated carbocycles. The van der Waals surface area contributed by atoms with Gasteiger partial charge in [-0.2, -0.15) is 0 Å². The average Bonchev–Trinajstić information content (AvgIpc) is 3.04. The highest BCUT2D eigenvalue weighted by Crippen LogP contribution is 2.56. The fraction of sp³-hybridized carbons (Fsp3) is 0.438. The van der Waals surface area contributed by atoms with Gasteiger partial charge in [0.15, 0.2) is 0 Å². The van der Waals surface area contributed by atoms with E-state index < -0.39 is 11.4 Å². The van der Waals surface area contributed by atoms with Crippen molar-refractivity contribution in [1.82, 2.24) is 14.5 Å². The van der Waals surface area contributed by atoms with Gasteiger partial charge in [0.1, 0.15) is 17.6 Å². The summed E-state index contributed by atoms with van der Waals surface area (Å²) in [5.74, 6) is 0.363. The lowest BCUT2D eigenvalue weighted by Crippen LogP contribution is -2.24. The predicted octanol–water partition coefficient (Wildman–Crippen LogP) is 1.59. The molecule has 0 aromatic carbocycles. The summed E-state index contributed by atoms with van der Waals surface area (Å²) < 4.78 is 1.77. The van der Waals surface area contributed by atoms with Crippen LogP contribution in [0.2, 0.25) is 0 Å². The second-order valence-corrected chi connectivity index (χ2v) is 6.11. The topological polar surface area (TPSA) is 94.0 Å².